The Bertz CT molecular complexity index is 370. The minimum atomic E-state index is -0.449. The second-order valence-corrected chi connectivity index (χ2v) is 8.13. The van der Waals surface area contributed by atoms with Gasteiger partial charge in [-0.15, -0.1) is 0 Å². The number of ether oxygens (including phenoxy) is 4. The fourth-order valence-corrected chi connectivity index (χ4v) is 3.47. The minimum absolute atomic E-state index is 0.00236. The van der Waals surface area contributed by atoms with Gasteiger partial charge in [0, 0.05) is 6.61 Å². The van der Waals surface area contributed by atoms with Crippen molar-refractivity contribution >= 4 is 5.97 Å². The lowest BCUT2D eigenvalue weighted by atomic mass is 9.82. The van der Waals surface area contributed by atoms with Gasteiger partial charge >= 0.3 is 5.97 Å². The molecule has 140 valence electrons. The summed E-state index contributed by atoms with van der Waals surface area (Å²) in [7, 11) is 0. The number of carbonyl (C=O) groups excluding carboxylic acids is 1. The van der Waals surface area contributed by atoms with Crippen molar-refractivity contribution < 1.29 is 23.7 Å². The third kappa shape index (κ3) is 7.95. The van der Waals surface area contributed by atoms with Crippen LogP contribution in [0.25, 0.3) is 0 Å². The maximum Gasteiger partial charge on any atom is 0.332 e. The van der Waals surface area contributed by atoms with Gasteiger partial charge in [0.05, 0.1) is 13.2 Å². The Kier molecular flexibility index (Phi) is 7.98. The van der Waals surface area contributed by atoms with Gasteiger partial charge in [-0.25, -0.2) is 4.79 Å². The molecule has 0 N–H and O–H groups in total. The molecule has 2 rings (SSSR count). The number of hydrogen-bond acceptors (Lipinski definition) is 5. The Morgan fingerprint density at radius 2 is 1.79 bits per heavy atom. The van der Waals surface area contributed by atoms with Crippen molar-refractivity contribution in [2.75, 3.05) is 26.4 Å². The molecule has 0 bridgehead atoms. The molecule has 5 nitrogen and oxygen atoms in total. The van der Waals surface area contributed by atoms with Crippen molar-refractivity contribution in [2.45, 2.75) is 77.6 Å². The molecule has 5 heteroatoms. The zero-order valence-corrected chi connectivity index (χ0v) is 15.6. The standard InChI is InChI=1S/C19H34O5/c1-19(2,3)24-17(20)14-21-12-15-7-6-8-16(11-15)13-23-18-9-4-5-10-22-18/h15-16,18H,4-14H2,1-3H3/t15-,16+,18?/m1/s1. The minimum Gasteiger partial charge on any atom is -0.458 e. The SMILES string of the molecule is CC(C)(C)OC(=O)COC[C@@H]1CCC[C@H](COC2CCCCO2)C1. The summed E-state index contributed by atoms with van der Waals surface area (Å²) in [6.07, 6.45) is 8.09. The number of hydrogen-bond donors (Lipinski definition) is 0. The van der Waals surface area contributed by atoms with Crippen LogP contribution >= 0.6 is 0 Å². The molecule has 1 unspecified atom stereocenters. The Labute approximate surface area is 146 Å². The van der Waals surface area contributed by atoms with Gasteiger partial charge in [0.2, 0.25) is 0 Å². The van der Waals surface area contributed by atoms with Crippen molar-refractivity contribution in [3.8, 4) is 0 Å². The van der Waals surface area contributed by atoms with Crippen molar-refractivity contribution in [2.24, 2.45) is 11.8 Å². The summed E-state index contributed by atoms with van der Waals surface area (Å²) in [5, 5.41) is 0. The van der Waals surface area contributed by atoms with Crippen LogP contribution in [0.5, 0.6) is 0 Å². The van der Waals surface area contributed by atoms with E-state index >= 15 is 0 Å². The monoisotopic (exact) mass is 342 g/mol. The fourth-order valence-electron chi connectivity index (χ4n) is 3.47. The van der Waals surface area contributed by atoms with E-state index in [-0.39, 0.29) is 18.9 Å². The third-order valence-electron chi connectivity index (χ3n) is 4.54. The van der Waals surface area contributed by atoms with Crippen LogP contribution in [0, 0.1) is 11.8 Å². The van der Waals surface area contributed by atoms with Crippen molar-refractivity contribution in [3.05, 3.63) is 0 Å². The van der Waals surface area contributed by atoms with E-state index in [0.29, 0.717) is 18.4 Å². The zero-order valence-electron chi connectivity index (χ0n) is 15.6. The van der Waals surface area contributed by atoms with Gasteiger partial charge in [0.25, 0.3) is 0 Å². The van der Waals surface area contributed by atoms with Crippen LogP contribution < -0.4 is 0 Å². The van der Waals surface area contributed by atoms with Crippen LogP contribution in [0.15, 0.2) is 0 Å². The average Bonchev–Trinajstić information content (AvgIpc) is 2.53. The van der Waals surface area contributed by atoms with Gasteiger partial charge < -0.3 is 18.9 Å². The first-order valence-corrected chi connectivity index (χ1v) is 9.45. The molecule has 1 saturated heterocycles. The van der Waals surface area contributed by atoms with Crippen LogP contribution in [0.4, 0.5) is 0 Å². The van der Waals surface area contributed by atoms with E-state index in [1.165, 1.54) is 25.7 Å². The second-order valence-electron chi connectivity index (χ2n) is 8.13. The molecule has 0 aromatic heterocycles. The summed E-state index contributed by atoms with van der Waals surface area (Å²) < 4.78 is 22.4. The fraction of sp³-hybridized carbons (Fsp3) is 0.947. The zero-order chi connectivity index (χ0) is 17.4. The molecule has 3 atom stereocenters. The Balaban J connectivity index is 1.59. The highest BCUT2D eigenvalue weighted by Crippen LogP contribution is 2.30. The highest BCUT2D eigenvalue weighted by atomic mass is 16.7. The molecule has 2 aliphatic rings. The van der Waals surface area contributed by atoms with E-state index in [1.54, 1.807) is 0 Å². The van der Waals surface area contributed by atoms with Crippen LogP contribution in [0.2, 0.25) is 0 Å². The van der Waals surface area contributed by atoms with E-state index in [2.05, 4.69) is 0 Å². The normalized spacial score (nSPS) is 28.5. The molecule has 0 amide bonds. The lowest BCUT2D eigenvalue weighted by molar-refractivity contribution is -0.172. The summed E-state index contributed by atoms with van der Waals surface area (Å²) >= 11 is 0. The van der Waals surface area contributed by atoms with E-state index in [0.717, 1.165) is 32.5 Å². The smallest absolute Gasteiger partial charge is 0.332 e. The van der Waals surface area contributed by atoms with Crippen LogP contribution in [-0.2, 0) is 23.7 Å². The molecule has 2 fully saturated rings. The molecule has 1 aliphatic heterocycles. The van der Waals surface area contributed by atoms with Crippen molar-refractivity contribution in [3.63, 3.8) is 0 Å². The topological polar surface area (TPSA) is 54.0 Å². The van der Waals surface area contributed by atoms with Gasteiger partial charge in [-0.2, -0.15) is 0 Å². The predicted molar refractivity (Wildman–Crippen MR) is 91.7 cm³/mol. The summed E-state index contributed by atoms with van der Waals surface area (Å²) in [6, 6.07) is 0. The summed E-state index contributed by atoms with van der Waals surface area (Å²) in [4.78, 5) is 11.7. The van der Waals surface area contributed by atoms with Crippen LogP contribution in [-0.4, -0.2) is 44.3 Å². The average molecular weight is 342 g/mol. The Morgan fingerprint density at radius 1 is 1.04 bits per heavy atom. The summed E-state index contributed by atoms with van der Waals surface area (Å²) in [5.74, 6) is 0.814. The van der Waals surface area contributed by atoms with E-state index in [1.807, 2.05) is 20.8 Å². The first-order valence-electron chi connectivity index (χ1n) is 9.45. The Hall–Kier alpha value is -0.650. The molecule has 0 radical (unpaired) electrons. The molecule has 0 aromatic rings. The summed E-state index contributed by atoms with van der Waals surface area (Å²) in [5.41, 5.74) is -0.449. The molecule has 0 spiro atoms. The van der Waals surface area contributed by atoms with Gasteiger partial charge in [0.15, 0.2) is 6.29 Å². The molecule has 1 heterocycles. The molecular weight excluding hydrogens is 308 g/mol. The second kappa shape index (κ2) is 9.73. The molecule has 24 heavy (non-hydrogen) atoms. The largest absolute Gasteiger partial charge is 0.458 e. The lowest BCUT2D eigenvalue weighted by Gasteiger charge is -2.31. The number of carbonyl (C=O) groups is 1. The summed E-state index contributed by atoms with van der Waals surface area (Å²) in [6.45, 7) is 7.90. The Morgan fingerprint density at radius 3 is 2.46 bits per heavy atom. The predicted octanol–water partition coefficient (Wildman–Crippen LogP) is 3.69. The lowest BCUT2D eigenvalue weighted by Crippen LogP contribution is -2.29. The van der Waals surface area contributed by atoms with E-state index in [4.69, 9.17) is 18.9 Å². The number of rotatable bonds is 7. The highest BCUT2D eigenvalue weighted by molar-refractivity contribution is 5.71. The molecule has 0 aromatic carbocycles. The first-order chi connectivity index (χ1) is 11.4. The maximum absolute atomic E-state index is 11.7. The molecular formula is C19H34O5. The van der Waals surface area contributed by atoms with Gasteiger partial charge in [-0.3, -0.25) is 0 Å². The van der Waals surface area contributed by atoms with Crippen molar-refractivity contribution in [1.82, 2.24) is 0 Å². The number of esters is 1. The quantitative estimate of drug-likeness (QED) is 0.660. The van der Waals surface area contributed by atoms with Crippen molar-refractivity contribution in [1.29, 1.82) is 0 Å². The van der Waals surface area contributed by atoms with Gasteiger partial charge in [-0.1, -0.05) is 6.42 Å². The van der Waals surface area contributed by atoms with E-state index in [9.17, 15) is 4.79 Å². The molecule has 1 aliphatic carbocycles. The van der Waals surface area contributed by atoms with E-state index < -0.39 is 5.60 Å². The third-order valence-corrected chi connectivity index (χ3v) is 4.54. The van der Waals surface area contributed by atoms with Gasteiger partial charge in [-0.05, 0) is 71.1 Å². The highest BCUT2D eigenvalue weighted by Gasteiger charge is 2.25. The van der Waals surface area contributed by atoms with Gasteiger partial charge in [0.1, 0.15) is 12.2 Å². The maximum atomic E-state index is 11.7. The first kappa shape index (κ1) is 19.7. The van der Waals surface area contributed by atoms with Crippen LogP contribution in [0.1, 0.15) is 65.7 Å². The molecule has 1 saturated carbocycles. The van der Waals surface area contributed by atoms with Crippen LogP contribution in [0.3, 0.4) is 0 Å².